The quantitative estimate of drug-likeness (QED) is 0.669. The molecule has 0 amide bonds. The predicted molar refractivity (Wildman–Crippen MR) is 94.4 cm³/mol. The Bertz CT molecular complexity index is 553. The Morgan fingerprint density at radius 1 is 1.19 bits per heavy atom. The first-order valence-corrected chi connectivity index (χ1v) is 8.87. The molecule has 0 spiro atoms. The lowest BCUT2D eigenvalue weighted by atomic mass is 9.66. The number of alkyl halides is 1. The normalized spacial score (nSPS) is 25.7. The Labute approximate surface area is 140 Å². The van der Waals surface area contributed by atoms with E-state index in [0.29, 0.717) is 4.83 Å². The van der Waals surface area contributed by atoms with Crippen LogP contribution in [0.4, 0.5) is 0 Å². The van der Waals surface area contributed by atoms with E-state index < -0.39 is 0 Å². The highest BCUT2D eigenvalue weighted by Crippen LogP contribution is 2.44. The molecule has 0 bridgehead atoms. The van der Waals surface area contributed by atoms with E-state index in [1.165, 1.54) is 24.0 Å². The molecule has 3 rings (SSSR count). The molecule has 1 aliphatic carbocycles. The number of allylic oxidation sites excluding steroid dienone is 4. The third kappa shape index (κ3) is 3.13. The van der Waals surface area contributed by atoms with E-state index in [9.17, 15) is 0 Å². The zero-order chi connectivity index (χ0) is 14.9. The van der Waals surface area contributed by atoms with Crippen LogP contribution in [0.1, 0.15) is 24.8 Å². The minimum absolute atomic E-state index is 0.154. The van der Waals surface area contributed by atoms with E-state index in [0.717, 1.165) is 24.5 Å². The fourth-order valence-electron chi connectivity index (χ4n) is 3.46. The summed E-state index contributed by atoms with van der Waals surface area (Å²) in [5, 5.41) is 0.815. The summed E-state index contributed by atoms with van der Waals surface area (Å²) >= 11 is 9.76. The van der Waals surface area contributed by atoms with Crippen LogP contribution in [0.2, 0.25) is 5.02 Å². The maximum Gasteiger partial charge on any atom is 0.0406 e. The van der Waals surface area contributed by atoms with Crippen LogP contribution in [0, 0.1) is 0 Å². The van der Waals surface area contributed by atoms with Crippen LogP contribution >= 0.6 is 27.5 Å². The molecule has 0 saturated carbocycles. The molecule has 3 heteroatoms. The van der Waals surface area contributed by atoms with Crippen molar-refractivity contribution < 1.29 is 0 Å². The highest BCUT2D eigenvalue weighted by Gasteiger charge is 2.38. The molecule has 1 unspecified atom stereocenters. The van der Waals surface area contributed by atoms with Gasteiger partial charge in [-0.05, 0) is 62.7 Å². The van der Waals surface area contributed by atoms with Gasteiger partial charge in [0.15, 0.2) is 0 Å². The topological polar surface area (TPSA) is 3.24 Å². The standard InChI is InChI=1S/C18H21BrClN/c1-21-12-10-18(11-13-21,14-2-6-16(19)7-3-14)15-4-8-17(20)9-5-15/h2-6,8-9,16H,7,10-13H2,1H3. The van der Waals surface area contributed by atoms with Crippen molar-refractivity contribution in [2.75, 3.05) is 20.1 Å². The molecule has 2 aliphatic rings. The van der Waals surface area contributed by atoms with Crippen LogP contribution < -0.4 is 0 Å². The maximum absolute atomic E-state index is 6.08. The molecule has 1 atom stereocenters. The largest absolute Gasteiger partial charge is 0.306 e. The number of benzene rings is 1. The van der Waals surface area contributed by atoms with Gasteiger partial charge in [0, 0.05) is 15.3 Å². The molecule has 0 radical (unpaired) electrons. The maximum atomic E-state index is 6.08. The smallest absolute Gasteiger partial charge is 0.0406 e. The number of hydrogen-bond donors (Lipinski definition) is 0. The van der Waals surface area contributed by atoms with Gasteiger partial charge in [0.1, 0.15) is 0 Å². The van der Waals surface area contributed by atoms with Gasteiger partial charge in [-0.25, -0.2) is 0 Å². The van der Waals surface area contributed by atoms with Crippen molar-refractivity contribution in [3.63, 3.8) is 0 Å². The average Bonchev–Trinajstić information content (AvgIpc) is 2.50. The van der Waals surface area contributed by atoms with Gasteiger partial charge in [-0.2, -0.15) is 0 Å². The summed E-state index contributed by atoms with van der Waals surface area (Å²) in [6.45, 7) is 2.29. The van der Waals surface area contributed by atoms with Gasteiger partial charge >= 0.3 is 0 Å². The minimum Gasteiger partial charge on any atom is -0.306 e. The van der Waals surface area contributed by atoms with Gasteiger partial charge in [0.05, 0.1) is 0 Å². The van der Waals surface area contributed by atoms with E-state index in [4.69, 9.17) is 11.6 Å². The molecule has 0 aromatic heterocycles. The van der Waals surface area contributed by atoms with E-state index in [-0.39, 0.29) is 5.41 Å². The van der Waals surface area contributed by atoms with Crippen molar-refractivity contribution in [3.05, 3.63) is 58.7 Å². The molecule has 112 valence electrons. The highest BCUT2D eigenvalue weighted by atomic mass is 79.9. The minimum atomic E-state index is 0.154. The summed E-state index contributed by atoms with van der Waals surface area (Å²) in [4.78, 5) is 2.91. The van der Waals surface area contributed by atoms with Crippen molar-refractivity contribution in [3.8, 4) is 0 Å². The molecule has 1 aliphatic heterocycles. The van der Waals surface area contributed by atoms with Crippen molar-refractivity contribution in [2.24, 2.45) is 0 Å². The Morgan fingerprint density at radius 3 is 2.43 bits per heavy atom. The lowest BCUT2D eigenvalue weighted by Crippen LogP contribution is -2.42. The molecule has 0 N–H and O–H groups in total. The fraction of sp³-hybridized carbons (Fsp3) is 0.444. The summed E-state index contributed by atoms with van der Waals surface area (Å²) in [6, 6.07) is 8.47. The molecular formula is C18H21BrClN. The average molecular weight is 367 g/mol. The first kappa shape index (κ1) is 15.3. The number of halogens is 2. The molecule has 1 fully saturated rings. The number of likely N-dealkylation sites (tertiary alicyclic amines) is 1. The third-order valence-electron chi connectivity index (χ3n) is 4.84. The Hall–Kier alpha value is -0.570. The summed E-state index contributed by atoms with van der Waals surface area (Å²) < 4.78 is 0. The predicted octanol–water partition coefficient (Wildman–Crippen LogP) is 4.95. The van der Waals surface area contributed by atoms with Gasteiger partial charge in [-0.3, -0.25) is 0 Å². The zero-order valence-electron chi connectivity index (χ0n) is 12.4. The van der Waals surface area contributed by atoms with Gasteiger partial charge < -0.3 is 4.90 Å². The van der Waals surface area contributed by atoms with Gasteiger partial charge in [-0.15, -0.1) is 0 Å². The fourth-order valence-corrected chi connectivity index (χ4v) is 3.93. The van der Waals surface area contributed by atoms with Crippen LogP contribution in [0.3, 0.4) is 0 Å². The van der Waals surface area contributed by atoms with Crippen LogP contribution in [-0.2, 0) is 5.41 Å². The second-order valence-corrected chi connectivity index (χ2v) is 7.78. The number of piperidine rings is 1. The second-order valence-electron chi connectivity index (χ2n) is 6.16. The molecule has 21 heavy (non-hydrogen) atoms. The Kier molecular flexibility index (Phi) is 4.58. The van der Waals surface area contributed by atoms with Crippen LogP contribution in [0.25, 0.3) is 0 Å². The second kappa shape index (κ2) is 6.28. The lowest BCUT2D eigenvalue weighted by Gasteiger charge is -2.43. The summed E-state index contributed by atoms with van der Waals surface area (Å²) in [7, 11) is 2.21. The third-order valence-corrected chi connectivity index (χ3v) is 5.77. The summed E-state index contributed by atoms with van der Waals surface area (Å²) in [6.07, 6.45) is 10.5. The van der Waals surface area contributed by atoms with E-state index >= 15 is 0 Å². The Balaban J connectivity index is 1.99. The Morgan fingerprint density at radius 2 is 1.86 bits per heavy atom. The molecule has 1 saturated heterocycles. The first-order chi connectivity index (χ1) is 10.1. The molecular weight excluding hydrogens is 346 g/mol. The first-order valence-electron chi connectivity index (χ1n) is 7.58. The number of hydrogen-bond acceptors (Lipinski definition) is 1. The molecule has 1 nitrogen and oxygen atoms in total. The lowest BCUT2D eigenvalue weighted by molar-refractivity contribution is 0.212. The van der Waals surface area contributed by atoms with Gasteiger partial charge in [0.2, 0.25) is 0 Å². The number of rotatable bonds is 2. The van der Waals surface area contributed by atoms with E-state index in [2.05, 4.69) is 58.2 Å². The van der Waals surface area contributed by atoms with Crippen molar-refractivity contribution in [2.45, 2.75) is 29.5 Å². The van der Waals surface area contributed by atoms with Crippen molar-refractivity contribution in [1.82, 2.24) is 4.90 Å². The summed E-state index contributed by atoms with van der Waals surface area (Å²) in [5.41, 5.74) is 3.04. The van der Waals surface area contributed by atoms with Crippen LogP contribution in [0.5, 0.6) is 0 Å². The van der Waals surface area contributed by atoms with Crippen LogP contribution in [0.15, 0.2) is 48.1 Å². The zero-order valence-corrected chi connectivity index (χ0v) is 14.7. The van der Waals surface area contributed by atoms with Gasteiger partial charge in [0.25, 0.3) is 0 Å². The van der Waals surface area contributed by atoms with E-state index in [1.807, 2.05) is 12.1 Å². The molecule has 1 heterocycles. The SMILES string of the molecule is CN1CCC(C2=CCC(Br)C=C2)(c2ccc(Cl)cc2)CC1. The molecule has 1 aromatic carbocycles. The highest BCUT2D eigenvalue weighted by molar-refractivity contribution is 9.09. The number of nitrogens with zero attached hydrogens (tertiary/aromatic N) is 1. The van der Waals surface area contributed by atoms with E-state index in [1.54, 1.807) is 0 Å². The van der Waals surface area contributed by atoms with Gasteiger partial charge in [-0.1, -0.05) is 57.9 Å². The summed E-state index contributed by atoms with van der Waals surface area (Å²) in [5.74, 6) is 0. The van der Waals surface area contributed by atoms with Crippen molar-refractivity contribution in [1.29, 1.82) is 0 Å². The van der Waals surface area contributed by atoms with Crippen LogP contribution in [-0.4, -0.2) is 29.9 Å². The molecule has 1 aromatic rings. The monoisotopic (exact) mass is 365 g/mol. The van der Waals surface area contributed by atoms with Crippen molar-refractivity contribution >= 4 is 27.5 Å².